The molecule has 1 aromatic heterocycles. The van der Waals surface area contributed by atoms with Crippen LogP contribution >= 0.6 is 0 Å². The van der Waals surface area contributed by atoms with E-state index in [-0.39, 0.29) is 17.9 Å². The van der Waals surface area contributed by atoms with Gasteiger partial charge in [0.15, 0.2) is 5.82 Å². The second kappa shape index (κ2) is 7.32. The van der Waals surface area contributed by atoms with Crippen LogP contribution in [-0.4, -0.2) is 16.0 Å². The van der Waals surface area contributed by atoms with Crippen LogP contribution in [0.1, 0.15) is 17.3 Å². The molecule has 0 aliphatic heterocycles. The molecule has 3 rings (SSSR count). The molecule has 1 heterocycles. The number of anilines is 1. The van der Waals surface area contributed by atoms with Gasteiger partial charge in [0.05, 0.1) is 12.1 Å². The molecule has 0 saturated heterocycles. The van der Waals surface area contributed by atoms with Crippen molar-refractivity contribution in [3.63, 3.8) is 0 Å². The first-order valence-corrected chi connectivity index (χ1v) is 7.31. The van der Waals surface area contributed by atoms with Gasteiger partial charge in [-0.15, -0.1) is 0 Å². The van der Waals surface area contributed by atoms with Crippen LogP contribution in [0, 0.1) is 5.82 Å². The number of para-hydroxylation sites is 1. The summed E-state index contributed by atoms with van der Waals surface area (Å²) in [5.74, 6) is -0.381. The van der Waals surface area contributed by atoms with Crippen LogP contribution in [0.4, 0.5) is 10.1 Å². The lowest BCUT2D eigenvalue weighted by Crippen LogP contribution is -2.16. The highest BCUT2D eigenvalue weighted by molar-refractivity contribution is 5.91. The third-order valence-corrected chi connectivity index (χ3v) is 3.17. The fourth-order valence-corrected chi connectivity index (χ4v) is 2.04. The van der Waals surface area contributed by atoms with E-state index in [0.29, 0.717) is 5.89 Å². The second-order valence-electron chi connectivity index (χ2n) is 5.00. The highest BCUT2D eigenvalue weighted by Crippen LogP contribution is 2.13. The topological polar surface area (TPSA) is 68.0 Å². The molecular formula is C18H14FN3O2. The molecule has 0 aliphatic rings. The number of nitrogens with zero attached hydrogens (tertiary/aromatic N) is 2. The van der Waals surface area contributed by atoms with Gasteiger partial charge in [-0.3, -0.25) is 4.79 Å². The van der Waals surface area contributed by atoms with Crippen molar-refractivity contribution in [1.82, 2.24) is 10.1 Å². The molecule has 0 spiro atoms. The lowest BCUT2D eigenvalue weighted by Gasteiger charge is -2.03. The molecular weight excluding hydrogens is 309 g/mol. The van der Waals surface area contributed by atoms with Crippen LogP contribution in [-0.2, 0) is 11.2 Å². The van der Waals surface area contributed by atoms with Crippen molar-refractivity contribution in [2.75, 3.05) is 5.32 Å². The Balaban J connectivity index is 1.61. The molecule has 2 aromatic carbocycles. The smallest absolute Gasteiger partial charge is 0.250 e. The fraction of sp³-hybridized carbons (Fsp3) is 0.0556. The molecule has 5 nitrogen and oxygen atoms in total. The summed E-state index contributed by atoms with van der Waals surface area (Å²) in [5.41, 5.74) is 1.12. The van der Waals surface area contributed by atoms with Gasteiger partial charge in [0.1, 0.15) is 5.82 Å². The van der Waals surface area contributed by atoms with E-state index in [1.165, 1.54) is 12.1 Å². The lowest BCUT2D eigenvalue weighted by atomic mass is 10.2. The predicted molar refractivity (Wildman–Crippen MR) is 88.4 cm³/mol. The van der Waals surface area contributed by atoms with E-state index in [1.54, 1.807) is 18.2 Å². The van der Waals surface area contributed by atoms with E-state index >= 15 is 0 Å². The lowest BCUT2D eigenvalue weighted by molar-refractivity contribution is -0.115. The minimum Gasteiger partial charge on any atom is -0.335 e. The average molecular weight is 323 g/mol. The van der Waals surface area contributed by atoms with Crippen molar-refractivity contribution in [1.29, 1.82) is 0 Å². The Morgan fingerprint density at radius 3 is 2.62 bits per heavy atom. The third-order valence-electron chi connectivity index (χ3n) is 3.17. The summed E-state index contributed by atoms with van der Waals surface area (Å²) in [5, 5.41) is 6.21. The molecule has 3 aromatic rings. The number of rotatable bonds is 5. The number of aromatic nitrogens is 2. The molecule has 6 heteroatoms. The molecule has 0 radical (unpaired) electrons. The van der Waals surface area contributed by atoms with Crippen LogP contribution in [0.15, 0.2) is 59.1 Å². The minimum absolute atomic E-state index is 0.100. The molecule has 0 aliphatic carbocycles. The van der Waals surface area contributed by atoms with E-state index in [0.717, 1.165) is 5.56 Å². The van der Waals surface area contributed by atoms with E-state index in [9.17, 15) is 9.18 Å². The number of amides is 1. The Hall–Kier alpha value is -3.28. The van der Waals surface area contributed by atoms with E-state index in [2.05, 4.69) is 15.5 Å². The van der Waals surface area contributed by atoms with Crippen LogP contribution in [0.3, 0.4) is 0 Å². The van der Waals surface area contributed by atoms with Crippen LogP contribution in [0.5, 0.6) is 0 Å². The number of carbonyl (C=O) groups is 1. The summed E-state index contributed by atoms with van der Waals surface area (Å²) in [6, 6.07) is 15.6. The Bertz CT molecular complexity index is 859. The van der Waals surface area contributed by atoms with Gasteiger partial charge in [0, 0.05) is 6.08 Å². The Morgan fingerprint density at radius 2 is 1.83 bits per heavy atom. The fourth-order valence-electron chi connectivity index (χ4n) is 2.04. The number of hydrogen-bond donors (Lipinski definition) is 1. The number of benzene rings is 2. The summed E-state index contributed by atoms with van der Waals surface area (Å²) >= 11 is 0. The summed E-state index contributed by atoms with van der Waals surface area (Å²) in [7, 11) is 0. The summed E-state index contributed by atoms with van der Waals surface area (Å²) in [6.07, 6.45) is 3.40. The van der Waals surface area contributed by atoms with Crippen molar-refractivity contribution >= 4 is 23.7 Å². The van der Waals surface area contributed by atoms with Gasteiger partial charge in [-0.1, -0.05) is 47.6 Å². The highest BCUT2D eigenvalue weighted by atomic mass is 19.1. The maximum absolute atomic E-state index is 13.5. The van der Waals surface area contributed by atoms with Gasteiger partial charge >= 0.3 is 0 Å². The van der Waals surface area contributed by atoms with Crippen LogP contribution < -0.4 is 5.32 Å². The number of nitrogens with one attached hydrogen (secondary N) is 1. The zero-order valence-electron chi connectivity index (χ0n) is 12.6. The first-order valence-electron chi connectivity index (χ1n) is 7.31. The zero-order valence-corrected chi connectivity index (χ0v) is 12.6. The molecule has 0 bridgehead atoms. The number of halogens is 1. The quantitative estimate of drug-likeness (QED) is 0.779. The number of hydrogen-bond acceptors (Lipinski definition) is 4. The molecule has 1 amide bonds. The van der Waals surface area contributed by atoms with E-state index in [4.69, 9.17) is 4.52 Å². The molecule has 24 heavy (non-hydrogen) atoms. The van der Waals surface area contributed by atoms with Gasteiger partial charge in [0.2, 0.25) is 5.91 Å². The van der Waals surface area contributed by atoms with Gasteiger partial charge in [0.25, 0.3) is 5.89 Å². The van der Waals surface area contributed by atoms with Crippen molar-refractivity contribution in [3.05, 3.63) is 77.7 Å². The van der Waals surface area contributed by atoms with Gasteiger partial charge in [-0.05, 0) is 23.8 Å². The van der Waals surface area contributed by atoms with E-state index in [1.807, 2.05) is 36.4 Å². The number of carbonyl (C=O) groups excluding carboxylic acids is 1. The van der Waals surface area contributed by atoms with Gasteiger partial charge < -0.3 is 9.84 Å². The largest absolute Gasteiger partial charge is 0.335 e. The Labute approximate surface area is 137 Å². The Kier molecular flexibility index (Phi) is 4.76. The molecule has 0 unspecified atom stereocenters. The standard InChI is InChI=1S/C18H14FN3O2/c19-14-8-4-5-9-15(14)20-17(23)12-16-21-18(24-22-16)11-10-13-6-2-1-3-7-13/h1-11H,12H2,(H,20,23). The SMILES string of the molecule is O=C(Cc1noc(C=Cc2ccccc2)n1)Nc1ccccc1F. The molecule has 0 fully saturated rings. The first kappa shape index (κ1) is 15.6. The highest BCUT2D eigenvalue weighted by Gasteiger charge is 2.11. The Morgan fingerprint density at radius 1 is 1.08 bits per heavy atom. The second-order valence-corrected chi connectivity index (χ2v) is 5.00. The maximum atomic E-state index is 13.5. The van der Waals surface area contributed by atoms with E-state index < -0.39 is 11.7 Å². The normalized spacial score (nSPS) is 10.9. The monoisotopic (exact) mass is 323 g/mol. The van der Waals surface area contributed by atoms with Crippen molar-refractivity contribution in [3.8, 4) is 0 Å². The van der Waals surface area contributed by atoms with Crippen molar-refractivity contribution in [2.24, 2.45) is 0 Å². The zero-order chi connectivity index (χ0) is 16.8. The molecule has 0 saturated carbocycles. The first-order chi connectivity index (χ1) is 11.7. The van der Waals surface area contributed by atoms with Crippen molar-refractivity contribution < 1.29 is 13.7 Å². The third kappa shape index (κ3) is 4.13. The van der Waals surface area contributed by atoms with Crippen LogP contribution in [0.25, 0.3) is 12.2 Å². The van der Waals surface area contributed by atoms with Crippen LogP contribution in [0.2, 0.25) is 0 Å². The predicted octanol–water partition coefficient (Wildman–Crippen LogP) is 3.56. The van der Waals surface area contributed by atoms with Crippen molar-refractivity contribution in [2.45, 2.75) is 6.42 Å². The summed E-state index contributed by atoms with van der Waals surface area (Å²) in [6.45, 7) is 0. The van der Waals surface area contributed by atoms with Gasteiger partial charge in [-0.25, -0.2) is 4.39 Å². The molecule has 120 valence electrons. The average Bonchev–Trinajstić information content (AvgIpc) is 3.03. The molecule has 1 N–H and O–H groups in total. The summed E-state index contributed by atoms with van der Waals surface area (Å²) < 4.78 is 18.5. The maximum Gasteiger partial charge on any atom is 0.250 e. The van der Waals surface area contributed by atoms with Gasteiger partial charge in [-0.2, -0.15) is 4.98 Å². The summed E-state index contributed by atoms with van der Waals surface area (Å²) in [4.78, 5) is 16.0. The minimum atomic E-state index is -0.495. The molecule has 0 atom stereocenters.